The van der Waals surface area contributed by atoms with Crippen molar-refractivity contribution in [3.63, 3.8) is 0 Å². The van der Waals surface area contributed by atoms with Crippen molar-refractivity contribution in [1.82, 2.24) is 25.0 Å². The van der Waals surface area contributed by atoms with E-state index in [9.17, 15) is 13.2 Å². The smallest absolute Gasteiger partial charge is 0.384 e. The van der Waals surface area contributed by atoms with Gasteiger partial charge in [0, 0.05) is 13.5 Å². The molecule has 2 aromatic heterocycles. The van der Waals surface area contributed by atoms with Crippen molar-refractivity contribution >= 4 is 23.1 Å². The van der Waals surface area contributed by atoms with Crippen molar-refractivity contribution in [2.24, 2.45) is 0 Å². The van der Waals surface area contributed by atoms with Crippen LogP contribution in [-0.2, 0) is 23.5 Å². The maximum absolute atomic E-state index is 12.6. The van der Waals surface area contributed by atoms with Gasteiger partial charge >= 0.3 is 6.18 Å². The number of thioether (sulfide) groups is 1. The number of aryl methyl sites for hydroxylation is 1. The van der Waals surface area contributed by atoms with Gasteiger partial charge in [-0.25, -0.2) is 9.67 Å². The van der Waals surface area contributed by atoms with Gasteiger partial charge in [-0.15, -0.1) is 10.2 Å². The summed E-state index contributed by atoms with van der Waals surface area (Å²) < 4.78 is 44.3. The second-order valence-corrected chi connectivity index (χ2v) is 6.74. The van der Waals surface area contributed by atoms with Crippen molar-refractivity contribution < 1.29 is 17.9 Å². The molecule has 11 heteroatoms. The van der Waals surface area contributed by atoms with E-state index in [4.69, 9.17) is 4.74 Å². The van der Waals surface area contributed by atoms with Crippen LogP contribution in [0.15, 0.2) is 4.34 Å². The first-order chi connectivity index (χ1) is 10.4. The molecule has 0 aliphatic rings. The maximum Gasteiger partial charge on any atom is 0.408 e. The van der Waals surface area contributed by atoms with Crippen LogP contribution in [0, 0.1) is 6.92 Å². The molecule has 0 spiro atoms. The number of ether oxygens (including phenoxy) is 1. The molecule has 0 bridgehead atoms. The molecule has 0 aromatic carbocycles. The fraction of sp³-hybridized carbons (Fsp3) is 0.636. The largest absolute Gasteiger partial charge is 0.408 e. The molecule has 0 radical (unpaired) electrons. The highest BCUT2D eigenvalue weighted by Gasteiger charge is 2.30. The van der Waals surface area contributed by atoms with Gasteiger partial charge in [-0.05, 0) is 6.92 Å². The lowest BCUT2D eigenvalue weighted by atomic mass is 10.4. The summed E-state index contributed by atoms with van der Waals surface area (Å²) in [5.74, 6) is 0.862. The molecule has 0 N–H and O–H groups in total. The van der Waals surface area contributed by atoms with E-state index in [-0.39, 0.29) is 11.6 Å². The molecule has 0 atom stereocenters. The van der Waals surface area contributed by atoms with E-state index in [0.717, 1.165) is 9.69 Å². The fourth-order valence-electron chi connectivity index (χ4n) is 1.59. The molecule has 0 saturated carbocycles. The topological polar surface area (TPSA) is 65.7 Å². The zero-order valence-corrected chi connectivity index (χ0v) is 13.6. The first kappa shape index (κ1) is 17.2. The molecule has 122 valence electrons. The third kappa shape index (κ3) is 5.21. The highest BCUT2D eigenvalue weighted by atomic mass is 32.2. The molecule has 2 heterocycles. The average molecular weight is 353 g/mol. The number of hydrogen-bond donors (Lipinski definition) is 0. The van der Waals surface area contributed by atoms with Gasteiger partial charge in [0.15, 0.2) is 10.2 Å². The second kappa shape index (κ2) is 7.38. The zero-order chi connectivity index (χ0) is 16.2. The van der Waals surface area contributed by atoms with Gasteiger partial charge in [0.05, 0.1) is 12.4 Å². The number of hydrogen-bond acceptors (Lipinski definition) is 7. The van der Waals surface area contributed by atoms with Crippen molar-refractivity contribution in [3.8, 4) is 0 Å². The van der Waals surface area contributed by atoms with Gasteiger partial charge < -0.3 is 4.74 Å². The first-order valence-corrected chi connectivity index (χ1v) is 8.09. The van der Waals surface area contributed by atoms with Crippen LogP contribution >= 0.6 is 23.1 Å². The Bertz CT molecular complexity index is 613. The first-order valence-electron chi connectivity index (χ1n) is 6.28. The quantitative estimate of drug-likeness (QED) is 0.713. The van der Waals surface area contributed by atoms with Crippen LogP contribution < -0.4 is 0 Å². The fourth-order valence-corrected chi connectivity index (χ4v) is 3.35. The predicted octanol–water partition coefficient (Wildman–Crippen LogP) is 2.48. The highest BCUT2D eigenvalue weighted by Crippen LogP contribution is 2.26. The Balaban J connectivity index is 2.10. The standard InChI is InChI=1S/C11H14F3N5OS2/c1-7-16-17-10(22-7)21-5-9-15-8(3-4-20-2)18-19(9)6-11(12,13)14/h3-6H2,1-2H3. The summed E-state index contributed by atoms with van der Waals surface area (Å²) in [5, 5.41) is 12.5. The van der Waals surface area contributed by atoms with Crippen LogP contribution in [-0.4, -0.2) is 44.9 Å². The number of aromatic nitrogens is 5. The Morgan fingerprint density at radius 2 is 2.09 bits per heavy atom. The number of halogens is 3. The van der Waals surface area contributed by atoms with Gasteiger partial charge in [0.2, 0.25) is 0 Å². The minimum atomic E-state index is -4.34. The summed E-state index contributed by atoms with van der Waals surface area (Å²) in [7, 11) is 1.52. The van der Waals surface area contributed by atoms with Crippen molar-refractivity contribution in [2.75, 3.05) is 13.7 Å². The molecule has 2 aromatic rings. The number of alkyl halides is 3. The van der Waals surface area contributed by atoms with E-state index in [1.54, 1.807) is 0 Å². The monoisotopic (exact) mass is 353 g/mol. The molecular weight excluding hydrogens is 339 g/mol. The molecule has 0 fully saturated rings. The zero-order valence-electron chi connectivity index (χ0n) is 11.9. The predicted molar refractivity (Wildman–Crippen MR) is 75.9 cm³/mol. The Kier molecular flexibility index (Phi) is 5.75. The summed E-state index contributed by atoms with van der Waals surface area (Å²) in [6, 6.07) is 0. The minimum Gasteiger partial charge on any atom is -0.384 e. The molecule has 0 unspecified atom stereocenters. The van der Waals surface area contributed by atoms with E-state index in [1.807, 2.05) is 6.92 Å². The van der Waals surface area contributed by atoms with Gasteiger partial charge in [-0.2, -0.15) is 18.3 Å². The summed E-state index contributed by atoms with van der Waals surface area (Å²) in [6.07, 6.45) is -3.97. The Morgan fingerprint density at radius 3 is 2.68 bits per heavy atom. The summed E-state index contributed by atoms with van der Waals surface area (Å²) >= 11 is 2.68. The molecule has 0 aliphatic heterocycles. The minimum absolute atomic E-state index is 0.255. The van der Waals surface area contributed by atoms with Crippen molar-refractivity contribution in [3.05, 3.63) is 16.7 Å². The van der Waals surface area contributed by atoms with Crippen LogP contribution in [0.2, 0.25) is 0 Å². The Labute approximate surface area is 133 Å². The summed E-state index contributed by atoms with van der Waals surface area (Å²) in [4.78, 5) is 4.16. The van der Waals surface area contributed by atoms with Crippen LogP contribution in [0.4, 0.5) is 13.2 Å². The van der Waals surface area contributed by atoms with Crippen LogP contribution in [0.5, 0.6) is 0 Å². The van der Waals surface area contributed by atoms with E-state index in [2.05, 4.69) is 20.3 Å². The van der Waals surface area contributed by atoms with Gasteiger partial charge in [-0.3, -0.25) is 0 Å². The van der Waals surface area contributed by atoms with Crippen LogP contribution in [0.25, 0.3) is 0 Å². The van der Waals surface area contributed by atoms with E-state index >= 15 is 0 Å². The number of methoxy groups -OCH3 is 1. The molecule has 0 amide bonds. The summed E-state index contributed by atoms with van der Waals surface area (Å²) in [6.45, 7) is 1.02. The average Bonchev–Trinajstić information content (AvgIpc) is 2.99. The second-order valence-electron chi connectivity index (χ2n) is 4.34. The van der Waals surface area contributed by atoms with Crippen molar-refractivity contribution in [2.45, 2.75) is 36.2 Å². The van der Waals surface area contributed by atoms with Crippen molar-refractivity contribution in [1.29, 1.82) is 0 Å². The molecule has 0 aliphatic carbocycles. The molecular formula is C11H14F3N5OS2. The van der Waals surface area contributed by atoms with Crippen LogP contribution in [0.1, 0.15) is 16.7 Å². The van der Waals surface area contributed by atoms with Gasteiger partial charge in [0.1, 0.15) is 17.4 Å². The Morgan fingerprint density at radius 1 is 1.32 bits per heavy atom. The molecule has 2 rings (SSSR count). The van der Waals surface area contributed by atoms with E-state index < -0.39 is 12.7 Å². The normalized spacial score (nSPS) is 12.0. The lowest BCUT2D eigenvalue weighted by Crippen LogP contribution is -2.20. The molecule has 0 saturated heterocycles. The van der Waals surface area contributed by atoms with Crippen LogP contribution in [0.3, 0.4) is 0 Å². The lowest BCUT2D eigenvalue weighted by Gasteiger charge is -2.08. The van der Waals surface area contributed by atoms with Gasteiger partial charge in [-0.1, -0.05) is 23.1 Å². The Hall–Kier alpha value is -1.20. The summed E-state index contributed by atoms with van der Waals surface area (Å²) in [5.41, 5.74) is 0. The van der Waals surface area contributed by atoms with E-state index in [1.165, 1.54) is 30.2 Å². The maximum atomic E-state index is 12.6. The third-order valence-electron chi connectivity index (χ3n) is 2.48. The highest BCUT2D eigenvalue weighted by molar-refractivity contribution is 8.00. The molecule has 6 nitrogen and oxygen atoms in total. The number of nitrogens with zero attached hydrogens (tertiary/aromatic N) is 5. The molecule has 22 heavy (non-hydrogen) atoms. The number of rotatable bonds is 7. The third-order valence-corrected chi connectivity index (χ3v) is 4.45. The van der Waals surface area contributed by atoms with E-state index in [0.29, 0.717) is 23.2 Å². The SMILES string of the molecule is COCCc1nc(CSc2nnc(C)s2)n(CC(F)(F)F)n1. The lowest BCUT2D eigenvalue weighted by molar-refractivity contribution is -0.143. The van der Waals surface area contributed by atoms with Gasteiger partial charge in [0.25, 0.3) is 0 Å².